The molecule has 0 aromatic heterocycles. The zero-order valence-corrected chi connectivity index (χ0v) is 27.5. The van der Waals surface area contributed by atoms with Crippen LogP contribution in [0.15, 0.2) is 91.0 Å². The summed E-state index contributed by atoms with van der Waals surface area (Å²) >= 11 is 0. The maximum absolute atomic E-state index is 13.4. The number of methoxy groups -OCH3 is 1. The lowest BCUT2D eigenvalue weighted by molar-refractivity contribution is -0.133. The van der Waals surface area contributed by atoms with E-state index in [0.717, 1.165) is 89.5 Å². The van der Waals surface area contributed by atoms with Gasteiger partial charge < -0.3 is 30.5 Å². The van der Waals surface area contributed by atoms with E-state index in [1.807, 2.05) is 41.3 Å². The molecule has 2 amide bonds. The van der Waals surface area contributed by atoms with E-state index in [1.54, 1.807) is 7.11 Å². The smallest absolute Gasteiger partial charge is 0.228 e. The van der Waals surface area contributed by atoms with Gasteiger partial charge >= 0.3 is 0 Å². The van der Waals surface area contributed by atoms with Crippen molar-refractivity contribution >= 4 is 23.2 Å². The van der Waals surface area contributed by atoms with Crippen molar-refractivity contribution in [3.8, 4) is 16.9 Å². The fraction of sp³-hybridized carbons (Fsp3) is 0.333. The van der Waals surface area contributed by atoms with E-state index in [4.69, 9.17) is 10.5 Å². The third kappa shape index (κ3) is 8.39. The molecule has 8 nitrogen and oxygen atoms in total. The molecule has 1 saturated heterocycles. The van der Waals surface area contributed by atoms with Gasteiger partial charge in [0.15, 0.2) is 0 Å². The third-order valence-electron chi connectivity index (χ3n) is 9.11. The van der Waals surface area contributed by atoms with Crippen molar-refractivity contribution in [3.63, 3.8) is 0 Å². The molecular formula is C39H45N5O3. The van der Waals surface area contributed by atoms with Gasteiger partial charge in [0.1, 0.15) is 5.75 Å². The molecule has 4 aromatic rings. The van der Waals surface area contributed by atoms with Crippen LogP contribution in [0.4, 0.5) is 11.4 Å². The number of piperazine rings is 1. The summed E-state index contributed by atoms with van der Waals surface area (Å²) in [6.45, 7) is 5.28. The maximum Gasteiger partial charge on any atom is 0.228 e. The minimum atomic E-state index is -0.0654. The molecule has 0 radical (unpaired) electrons. The summed E-state index contributed by atoms with van der Waals surface area (Å²) in [7, 11) is 3.78. The minimum Gasteiger partial charge on any atom is -0.497 e. The van der Waals surface area contributed by atoms with Crippen molar-refractivity contribution in [1.29, 1.82) is 0 Å². The summed E-state index contributed by atoms with van der Waals surface area (Å²) in [6, 6.07) is 30.5. The molecule has 3 N–H and O–H groups in total. The molecule has 244 valence electrons. The first-order valence-electron chi connectivity index (χ1n) is 16.5. The standard InChI is InChI=1S/C39H45N5O3/c1-42-17-19-43(20-18-42)37-16-13-34(24-36(37)41-38(45)23-28-9-14-35(47-2)15-10-28)33-8-4-7-31(22-33)27-44(39(46)32-11-12-32)26-30-6-3-5-29(21-30)25-40/h3-10,13-16,21-22,24,32H,11-12,17-20,23,25-27,40H2,1-2H3,(H,41,45). The van der Waals surface area contributed by atoms with Crippen LogP contribution in [-0.4, -0.2) is 62.0 Å². The number of nitrogens with zero attached hydrogens (tertiary/aromatic N) is 3. The number of ether oxygens (including phenoxy) is 1. The Labute approximate surface area is 278 Å². The van der Waals surface area contributed by atoms with Crippen LogP contribution < -0.4 is 20.7 Å². The molecule has 0 unspecified atom stereocenters. The van der Waals surface area contributed by atoms with E-state index in [2.05, 4.69) is 76.8 Å². The first kappa shape index (κ1) is 32.3. The van der Waals surface area contributed by atoms with E-state index >= 15 is 0 Å². The summed E-state index contributed by atoms with van der Waals surface area (Å²) in [6.07, 6.45) is 2.20. The monoisotopic (exact) mass is 631 g/mol. The summed E-state index contributed by atoms with van der Waals surface area (Å²) in [5.41, 5.74) is 13.9. The van der Waals surface area contributed by atoms with E-state index in [9.17, 15) is 9.59 Å². The Hall–Kier alpha value is -4.66. The van der Waals surface area contributed by atoms with Crippen LogP contribution in [0.5, 0.6) is 5.75 Å². The minimum absolute atomic E-state index is 0.0654. The van der Waals surface area contributed by atoms with Crippen LogP contribution in [0, 0.1) is 5.92 Å². The van der Waals surface area contributed by atoms with Gasteiger partial charge in [-0.15, -0.1) is 0 Å². The fourth-order valence-corrected chi connectivity index (χ4v) is 6.21. The van der Waals surface area contributed by atoms with E-state index in [-0.39, 0.29) is 24.2 Å². The van der Waals surface area contributed by atoms with Crippen molar-refractivity contribution in [2.24, 2.45) is 11.7 Å². The van der Waals surface area contributed by atoms with Crippen molar-refractivity contribution < 1.29 is 14.3 Å². The molecule has 6 rings (SSSR count). The number of rotatable bonds is 12. The molecule has 1 aliphatic heterocycles. The van der Waals surface area contributed by atoms with Crippen LogP contribution in [0.2, 0.25) is 0 Å². The number of anilines is 2. The van der Waals surface area contributed by atoms with E-state index < -0.39 is 0 Å². The van der Waals surface area contributed by atoms with Crippen LogP contribution in [0.25, 0.3) is 11.1 Å². The summed E-state index contributed by atoms with van der Waals surface area (Å²) in [5.74, 6) is 1.04. The van der Waals surface area contributed by atoms with Crippen molar-refractivity contribution in [2.45, 2.75) is 38.9 Å². The number of hydrogen-bond acceptors (Lipinski definition) is 6. The zero-order chi connectivity index (χ0) is 32.8. The number of amides is 2. The molecule has 47 heavy (non-hydrogen) atoms. The molecule has 4 aromatic carbocycles. The van der Waals surface area contributed by atoms with E-state index in [1.165, 1.54) is 0 Å². The van der Waals surface area contributed by atoms with Crippen LogP contribution in [0.3, 0.4) is 0 Å². The molecule has 0 atom stereocenters. The van der Waals surface area contributed by atoms with Gasteiger partial charge in [0, 0.05) is 51.7 Å². The molecule has 0 spiro atoms. The zero-order valence-electron chi connectivity index (χ0n) is 27.5. The number of nitrogens with two attached hydrogens (primary N) is 1. The van der Waals surface area contributed by atoms with Crippen LogP contribution in [-0.2, 0) is 35.6 Å². The number of hydrogen-bond donors (Lipinski definition) is 2. The molecule has 1 aliphatic carbocycles. The first-order chi connectivity index (χ1) is 22.9. The Morgan fingerprint density at radius 1 is 0.809 bits per heavy atom. The second kappa shape index (κ2) is 14.8. The lowest BCUT2D eigenvalue weighted by atomic mass is 10.0. The second-order valence-corrected chi connectivity index (χ2v) is 12.8. The van der Waals surface area contributed by atoms with Gasteiger partial charge in [-0.05, 0) is 83.6 Å². The van der Waals surface area contributed by atoms with Crippen LogP contribution >= 0.6 is 0 Å². The Morgan fingerprint density at radius 3 is 2.15 bits per heavy atom. The largest absolute Gasteiger partial charge is 0.497 e. The topological polar surface area (TPSA) is 91.1 Å². The predicted octanol–water partition coefficient (Wildman–Crippen LogP) is 5.69. The van der Waals surface area contributed by atoms with Crippen LogP contribution in [0.1, 0.15) is 35.1 Å². The number of carbonyl (C=O) groups is 2. The number of carbonyl (C=O) groups excluding carboxylic acids is 2. The van der Waals surface area contributed by atoms with Gasteiger partial charge in [0.05, 0.1) is 24.9 Å². The van der Waals surface area contributed by atoms with Gasteiger partial charge in [-0.1, -0.05) is 60.7 Å². The molecule has 2 fully saturated rings. The quantitative estimate of drug-likeness (QED) is 0.209. The highest BCUT2D eigenvalue weighted by Crippen LogP contribution is 2.34. The van der Waals surface area contributed by atoms with Crippen molar-refractivity contribution in [3.05, 3.63) is 113 Å². The summed E-state index contributed by atoms with van der Waals surface area (Å²) in [4.78, 5) is 33.4. The third-order valence-corrected chi connectivity index (χ3v) is 9.11. The maximum atomic E-state index is 13.4. The lowest BCUT2D eigenvalue weighted by Crippen LogP contribution is -2.44. The van der Waals surface area contributed by atoms with Gasteiger partial charge in [-0.3, -0.25) is 9.59 Å². The lowest BCUT2D eigenvalue weighted by Gasteiger charge is -2.35. The molecule has 1 heterocycles. The van der Waals surface area contributed by atoms with E-state index in [0.29, 0.717) is 19.6 Å². The molecule has 2 aliphatic rings. The van der Waals surface area contributed by atoms with Crippen molar-refractivity contribution in [1.82, 2.24) is 9.80 Å². The number of nitrogens with one attached hydrogen (secondary N) is 1. The highest BCUT2D eigenvalue weighted by atomic mass is 16.5. The average molecular weight is 632 g/mol. The summed E-state index contributed by atoms with van der Waals surface area (Å²) in [5, 5.41) is 3.24. The normalized spacial score (nSPS) is 14.9. The molecular weight excluding hydrogens is 586 g/mol. The molecule has 8 heteroatoms. The van der Waals surface area contributed by atoms with Crippen molar-refractivity contribution in [2.75, 3.05) is 50.6 Å². The van der Waals surface area contributed by atoms with Gasteiger partial charge in [0.25, 0.3) is 0 Å². The average Bonchev–Trinajstić information content (AvgIpc) is 3.95. The SMILES string of the molecule is COc1ccc(CC(=O)Nc2cc(-c3cccc(CN(Cc4cccc(CN)c4)C(=O)C4CC4)c3)ccc2N2CCN(C)CC2)cc1. The number of benzene rings is 4. The summed E-state index contributed by atoms with van der Waals surface area (Å²) < 4.78 is 5.27. The van der Waals surface area contributed by atoms with Gasteiger partial charge in [-0.25, -0.2) is 0 Å². The second-order valence-electron chi connectivity index (χ2n) is 12.8. The highest BCUT2D eigenvalue weighted by Gasteiger charge is 2.33. The first-order valence-corrected chi connectivity index (χ1v) is 16.5. The fourth-order valence-electron chi connectivity index (χ4n) is 6.21. The molecule has 1 saturated carbocycles. The Kier molecular flexibility index (Phi) is 10.2. The Bertz CT molecular complexity index is 1690. The Balaban J connectivity index is 1.24. The highest BCUT2D eigenvalue weighted by molar-refractivity contribution is 5.97. The predicted molar refractivity (Wildman–Crippen MR) is 188 cm³/mol. The molecule has 0 bridgehead atoms. The number of likely N-dealkylation sites (N-methyl/N-ethyl adjacent to an activating group) is 1. The Morgan fingerprint density at radius 2 is 1.47 bits per heavy atom. The van der Waals surface area contributed by atoms with Gasteiger partial charge in [0.2, 0.25) is 11.8 Å². The van der Waals surface area contributed by atoms with Gasteiger partial charge in [-0.2, -0.15) is 0 Å².